The summed E-state index contributed by atoms with van der Waals surface area (Å²) in [6.45, 7) is 3.76. The third-order valence-corrected chi connectivity index (χ3v) is 6.14. The molecule has 186 valence electrons. The Kier molecular flexibility index (Phi) is 6.99. The summed E-state index contributed by atoms with van der Waals surface area (Å²) in [5.74, 6) is 0.573. The van der Waals surface area contributed by atoms with Gasteiger partial charge in [0.2, 0.25) is 18.7 Å². The van der Waals surface area contributed by atoms with E-state index in [4.69, 9.17) is 28.4 Å². The number of hydrogen-bond acceptors (Lipinski definition) is 9. The van der Waals surface area contributed by atoms with Gasteiger partial charge in [-0.15, -0.1) is 0 Å². The van der Waals surface area contributed by atoms with Gasteiger partial charge in [0.25, 0.3) is 0 Å². The van der Waals surface area contributed by atoms with Gasteiger partial charge in [-0.05, 0) is 30.2 Å². The molecule has 2 heterocycles. The molecule has 0 saturated carbocycles. The number of methoxy groups -OCH3 is 2. The Morgan fingerprint density at radius 3 is 2.57 bits per heavy atom. The quantitative estimate of drug-likeness (QED) is 0.589. The van der Waals surface area contributed by atoms with Crippen molar-refractivity contribution in [2.75, 3.05) is 21.0 Å². The van der Waals surface area contributed by atoms with E-state index >= 15 is 0 Å². The van der Waals surface area contributed by atoms with Gasteiger partial charge in [-0.1, -0.05) is 26.3 Å². The number of fused-ring (bicyclic) bond motifs is 2. The molecule has 10 heteroatoms. The molecule has 1 N–H and O–H groups in total. The molecule has 2 aromatic carbocycles. The Labute approximate surface area is 202 Å². The summed E-state index contributed by atoms with van der Waals surface area (Å²) in [5.41, 5.74) is 0.785. The smallest absolute Gasteiger partial charge is 0.408 e. The number of esters is 1. The van der Waals surface area contributed by atoms with Crippen LogP contribution in [0.3, 0.4) is 0 Å². The van der Waals surface area contributed by atoms with Crippen LogP contribution < -0.4 is 24.3 Å². The van der Waals surface area contributed by atoms with E-state index in [2.05, 4.69) is 5.32 Å². The second-order valence-electron chi connectivity index (χ2n) is 8.23. The molecule has 0 saturated heterocycles. The van der Waals surface area contributed by atoms with Gasteiger partial charge in [0.15, 0.2) is 17.6 Å². The largest absolute Gasteiger partial charge is 0.497 e. The van der Waals surface area contributed by atoms with Crippen LogP contribution in [0.5, 0.6) is 23.0 Å². The van der Waals surface area contributed by atoms with Crippen LogP contribution in [-0.4, -0.2) is 51.0 Å². The van der Waals surface area contributed by atoms with Gasteiger partial charge in [0.1, 0.15) is 17.5 Å². The predicted octanol–water partition coefficient (Wildman–Crippen LogP) is 3.42. The zero-order chi connectivity index (χ0) is 25.1. The van der Waals surface area contributed by atoms with E-state index in [0.29, 0.717) is 35.0 Å². The molecule has 4 rings (SSSR count). The fourth-order valence-electron chi connectivity index (χ4n) is 3.94. The lowest BCUT2D eigenvalue weighted by Gasteiger charge is -2.33. The minimum absolute atomic E-state index is 0.0795. The first-order valence-corrected chi connectivity index (χ1v) is 11.2. The third-order valence-electron chi connectivity index (χ3n) is 6.14. The van der Waals surface area contributed by atoms with Crippen molar-refractivity contribution in [1.82, 2.24) is 5.32 Å². The Balaban J connectivity index is 1.65. The van der Waals surface area contributed by atoms with Crippen molar-refractivity contribution in [3.63, 3.8) is 0 Å². The molecule has 1 amide bonds. The monoisotopic (exact) mass is 485 g/mol. The van der Waals surface area contributed by atoms with E-state index < -0.39 is 36.1 Å². The van der Waals surface area contributed by atoms with Gasteiger partial charge in [-0.25, -0.2) is 9.59 Å². The van der Waals surface area contributed by atoms with E-state index in [1.807, 2.05) is 6.92 Å². The SMILES string of the molecule is CCC(C)C(NC(=O)OC1C(=O)c2ccc(OC)cc2OC1c1ccc2c(c1)OCO2)C(=O)OC. The summed E-state index contributed by atoms with van der Waals surface area (Å²) in [6.07, 6.45) is -2.64. The van der Waals surface area contributed by atoms with Crippen molar-refractivity contribution < 1.29 is 42.8 Å². The van der Waals surface area contributed by atoms with Crippen molar-refractivity contribution >= 4 is 17.8 Å². The van der Waals surface area contributed by atoms with Crippen LogP contribution in [-0.2, 0) is 14.3 Å². The van der Waals surface area contributed by atoms with Crippen LogP contribution in [0, 0.1) is 5.92 Å². The highest BCUT2D eigenvalue weighted by atomic mass is 16.7. The van der Waals surface area contributed by atoms with Crippen molar-refractivity contribution in [2.45, 2.75) is 38.5 Å². The molecule has 4 atom stereocenters. The minimum atomic E-state index is -1.33. The number of alkyl carbamates (subject to hydrolysis) is 1. The van der Waals surface area contributed by atoms with E-state index in [1.54, 1.807) is 43.3 Å². The van der Waals surface area contributed by atoms with Gasteiger partial charge in [0, 0.05) is 11.6 Å². The van der Waals surface area contributed by atoms with E-state index in [1.165, 1.54) is 14.2 Å². The molecular formula is C25H27NO9. The second-order valence-corrected chi connectivity index (χ2v) is 8.23. The topological polar surface area (TPSA) is 119 Å². The van der Waals surface area contributed by atoms with E-state index in [0.717, 1.165) is 0 Å². The minimum Gasteiger partial charge on any atom is -0.497 e. The zero-order valence-electron chi connectivity index (χ0n) is 19.9. The first kappa shape index (κ1) is 24.2. The number of hydrogen-bond donors (Lipinski definition) is 1. The average molecular weight is 485 g/mol. The van der Waals surface area contributed by atoms with Crippen molar-refractivity contribution in [3.05, 3.63) is 47.5 Å². The van der Waals surface area contributed by atoms with Crippen LogP contribution in [0.4, 0.5) is 4.79 Å². The molecule has 2 aliphatic heterocycles. The summed E-state index contributed by atoms with van der Waals surface area (Å²) in [6, 6.07) is 8.92. The van der Waals surface area contributed by atoms with Crippen LogP contribution in [0.15, 0.2) is 36.4 Å². The Morgan fingerprint density at radius 1 is 1.09 bits per heavy atom. The van der Waals surface area contributed by atoms with Crippen molar-refractivity contribution in [2.24, 2.45) is 5.92 Å². The number of Topliss-reactive ketones (excluding diaryl/α,β-unsaturated/α-hetero) is 1. The van der Waals surface area contributed by atoms with Gasteiger partial charge in [-0.2, -0.15) is 0 Å². The summed E-state index contributed by atoms with van der Waals surface area (Å²) in [4.78, 5) is 38.5. The first-order valence-electron chi connectivity index (χ1n) is 11.2. The molecule has 0 spiro atoms. The summed E-state index contributed by atoms with van der Waals surface area (Å²) in [5, 5.41) is 2.53. The average Bonchev–Trinajstić information content (AvgIpc) is 3.35. The van der Waals surface area contributed by atoms with Gasteiger partial charge < -0.3 is 33.7 Å². The molecule has 0 fully saturated rings. The lowest BCUT2D eigenvalue weighted by molar-refractivity contribution is -0.144. The molecule has 0 bridgehead atoms. The maximum Gasteiger partial charge on any atom is 0.408 e. The molecule has 0 aliphatic carbocycles. The van der Waals surface area contributed by atoms with E-state index in [9.17, 15) is 14.4 Å². The lowest BCUT2D eigenvalue weighted by atomic mass is 9.93. The second kappa shape index (κ2) is 10.1. The third kappa shape index (κ3) is 4.82. The highest BCUT2D eigenvalue weighted by Crippen LogP contribution is 2.41. The number of ketones is 1. The van der Waals surface area contributed by atoms with Crippen molar-refractivity contribution in [1.29, 1.82) is 0 Å². The zero-order valence-corrected chi connectivity index (χ0v) is 19.9. The number of benzene rings is 2. The molecule has 2 aromatic rings. The van der Waals surface area contributed by atoms with Crippen molar-refractivity contribution in [3.8, 4) is 23.0 Å². The number of rotatable bonds is 7. The number of nitrogens with one attached hydrogen (secondary N) is 1. The Morgan fingerprint density at radius 2 is 1.86 bits per heavy atom. The van der Waals surface area contributed by atoms with Gasteiger partial charge in [-0.3, -0.25) is 4.79 Å². The molecule has 35 heavy (non-hydrogen) atoms. The normalized spacial score (nSPS) is 19.6. The summed E-state index contributed by atoms with van der Waals surface area (Å²) < 4.78 is 32.6. The lowest BCUT2D eigenvalue weighted by Crippen LogP contribution is -2.49. The Hall–Kier alpha value is -3.95. The highest BCUT2D eigenvalue weighted by molar-refractivity contribution is 6.04. The van der Waals surface area contributed by atoms with Gasteiger partial charge in [0.05, 0.1) is 19.8 Å². The van der Waals surface area contributed by atoms with Crippen LogP contribution >= 0.6 is 0 Å². The van der Waals surface area contributed by atoms with Gasteiger partial charge >= 0.3 is 12.1 Å². The maximum atomic E-state index is 13.5. The first-order chi connectivity index (χ1) is 16.9. The van der Waals surface area contributed by atoms with E-state index in [-0.39, 0.29) is 18.3 Å². The summed E-state index contributed by atoms with van der Waals surface area (Å²) in [7, 11) is 2.75. The molecular weight excluding hydrogens is 458 g/mol. The number of ether oxygens (including phenoxy) is 6. The fraction of sp³-hybridized carbons (Fsp3) is 0.400. The fourth-order valence-corrected chi connectivity index (χ4v) is 3.94. The predicted molar refractivity (Wildman–Crippen MR) is 122 cm³/mol. The number of carbonyl (C=O) groups excluding carboxylic acids is 3. The molecule has 0 aromatic heterocycles. The standard InChI is InChI=1S/C25H27NO9/c1-5-13(2)20(24(28)31-4)26-25(29)35-23-21(27)16-8-7-15(30-3)11-18(16)34-22(23)14-6-9-17-19(10-14)33-12-32-17/h6-11,13,20,22-23H,5,12H2,1-4H3,(H,26,29). The summed E-state index contributed by atoms with van der Waals surface area (Å²) >= 11 is 0. The number of carbonyl (C=O) groups is 3. The number of amides is 1. The van der Waals surface area contributed by atoms with Crippen LogP contribution in [0.2, 0.25) is 0 Å². The molecule has 2 aliphatic rings. The maximum absolute atomic E-state index is 13.5. The molecule has 10 nitrogen and oxygen atoms in total. The van der Waals surface area contributed by atoms with Crippen LogP contribution in [0.1, 0.15) is 42.3 Å². The molecule has 0 radical (unpaired) electrons. The molecule has 4 unspecified atom stereocenters. The Bertz CT molecular complexity index is 1130. The van der Waals surface area contributed by atoms with Crippen LogP contribution in [0.25, 0.3) is 0 Å². The highest BCUT2D eigenvalue weighted by Gasteiger charge is 2.42.